The van der Waals surface area contributed by atoms with Gasteiger partial charge in [-0.1, -0.05) is 18.2 Å². The van der Waals surface area contributed by atoms with E-state index in [2.05, 4.69) is 30.5 Å². The van der Waals surface area contributed by atoms with Crippen LogP contribution >= 0.6 is 11.8 Å². The highest BCUT2D eigenvalue weighted by Gasteiger charge is 2.23. The van der Waals surface area contributed by atoms with Gasteiger partial charge in [-0.2, -0.15) is 0 Å². The van der Waals surface area contributed by atoms with E-state index in [4.69, 9.17) is 10.5 Å². The Morgan fingerprint density at radius 3 is 2.69 bits per heavy atom. The van der Waals surface area contributed by atoms with Crippen LogP contribution in [-0.2, 0) is 4.74 Å². The van der Waals surface area contributed by atoms with Crippen molar-refractivity contribution in [3.63, 3.8) is 0 Å². The second kappa shape index (κ2) is 5.71. The lowest BCUT2D eigenvalue weighted by Crippen LogP contribution is -2.27. The number of rotatable bonds is 3. The summed E-state index contributed by atoms with van der Waals surface area (Å²) in [4.78, 5) is 1.31. The summed E-state index contributed by atoms with van der Waals surface area (Å²) in [5, 5.41) is 0. The molecule has 0 aromatic heterocycles. The lowest BCUT2D eigenvalue weighted by Gasteiger charge is -2.28. The maximum atomic E-state index is 6.38. The summed E-state index contributed by atoms with van der Waals surface area (Å²) in [7, 11) is 0. The normalized spacial score (nSPS) is 19.6. The summed E-state index contributed by atoms with van der Waals surface area (Å²) in [5.41, 5.74) is 7.67. The van der Waals surface area contributed by atoms with Gasteiger partial charge in [0.2, 0.25) is 0 Å². The molecule has 1 aliphatic heterocycles. The first-order valence-corrected chi connectivity index (χ1v) is 7.01. The highest BCUT2D eigenvalue weighted by molar-refractivity contribution is 7.98. The molecule has 2 nitrogen and oxygen atoms in total. The number of hydrogen-bond acceptors (Lipinski definition) is 3. The van der Waals surface area contributed by atoms with Crippen molar-refractivity contribution in [2.75, 3.05) is 19.5 Å². The molecule has 3 heteroatoms. The minimum Gasteiger partial charge on any atom is -0.381 e. The van der Waals surface area contributed by atoms with Gasteiger partial charge in [0, 0.05) is 24.2 Å². The summed E-state index contributed by atoms with van der Waals surface area (Å²) in [6.07, 6.45) is 4.28. The molecule has 2 N–H and O–H groups in total. The first kappa shape index (κ1) is 12.0. The maximum absolute atomic E-state index is 6.38. The fourth-order valence-corrected chi connectivity index (χ4v) is 2.93. The summed E-state index contributed by atoms with van der Waals surface area (Å²) >= 11 is 1.78. The summed E-state index contributed by atoms with van der Waals surface area (Å²) in [6.45, 7) is 1.72. The lowest BCUT2D eigenvalue weighted by atomic mass is 9.88. The Labute approximate surface area is 102 Å². The number of nitrogens with two attached hydrogens (primary N) is 1. The van der Waals surface area contributed by atoms with Gasteiger partial charge in [-0.05, 0) is 36.6 Å². The van der Waals surface area contributed by atoms with Crippen LogP contribution in [0.1, 0.15) is 24.4 Å². The Bertz CT molecular complexity index is 336. The Balaban J connectivity index is 2.15. The van der Waals surface area contributed by atoms with Crippen LogP contribution in [0, 0.1) is 5.92 Å². The smallest absolute Gasteiger partial charge is 0.0469 e. The van der Waals surface area contributed by atoms with Crippen LogP contribution in [0.4, 0.5) is 0 Å². The average Bonchev–Trinajstić information content (AvgIpc) is 2.39. The fraction of sp³-hybridized carbons (Fsp3) is 0.538. The van der Waals surface area contributed by atoms with E-state index >= 15 is 0 Å². The number of ether oxygens (including phenoxy) is 1. The Kier molecular flexibility index (Phi) is 4.27. The van der Waals surface area contributed by atoms with Gasteiger partial charge in [0.05, 0.1) is 0 Å². The van der Waals surface area contributed by atoms with Gasteiger partial charge in [-0.25, -0.2) is 0 Å². The molecule has 1 aliphatic rings. The molecule has 0 spiro atoms. The van der Waals surface area contributed by atoms with Crippen molar-refractivity contribution in [1.29, 1.82) is 0 Å². The van der Waals surface area contributed by atoms with E-state index in [1.54, 1.807) is 11.8 Å². The van der Waals surface area contributed by atoms with Gasteiger partial charge in [0.25, 0.3) is 0 Å². The number of thioether (sulfide) groups is 1. The third kappa shape index (κ3) is 2.59. The minimum atomic E-state index is 0.160. The standard InChI is InChI=1S/C13H19NOS/c1-16-12-5-3-2-4-11(12)13(14)10-6-8-15-9-7-10/h2-5,10,13H,6-9,14H2,1H3. The molecule has 1 atom stereocenters. The zero-order valence-corrected chi connectivity index (χ0v) is 10.5. The maximum Gasteiger partial charge on any atom is 0.0469 e. The third-order valence-electron chi connectivity index (χ3n) is 3.27. The lowest BCUT2D eigenvalue weighted by molar-refractivity contribution is 0.0581. The predicted molar refractivity (Wildman–Crippen MR) is 68.7 cm³/mol. The van der Waals surface area contributed by atoms with Crippen LogP contribution in [0.3, 0.4) is 0 Å². The van der Waals surface area contributed by atoms with Crippen LogP contribution in [0.15, 0.2) is 29.2 Å². The van der Waals surface area contributed by atoms with Crippen molar-refractivity contribution in [3.05, 3.63) is 29.8 Å². The Morgan fingerprint density at radius 2 is 2.00 bits per heavy atom. The van der Waals surface area contributed by atoms with E-state index in [9.17, 15) is 0 Å². The van der Waals surface area contributed by atoms with E-state index in [0.717, 1.165) is 26.1 Å². The topological polar surface area (TPSA) is 35.2 Å². The van der Waals surface area contributed by atoms with E-state index in [1.807, 2.05) is 0 Å². The van der Waals surface area contributed by atoms with Crippen LogP contribution in [0.2, 0.25) is 0 Å². The molecule has 1 aromatic carbocycles. The molecule has 1 fully saturated rings. The largest absolute Gasteiger partial charge is 0.381 e. The first-order chi connectivity index (χ1) is 7.83. The molecule has 1 aromatic rings. The monoisotopic (exact) mass is 237 g/mol. The quantitative estimate of drug-likeness (QED) is 0.821. The van der Waals surface area contributed by atoms with E-state index in [0.29, 0.717) is 5.92 Å². The summed E-state index contributed by atoms with van der Waals surface area (Å²) in [5.74, 6) is 0.571. The predicted octanol–water partition coefficient (Wildman–Crippen LogP) is 2.83. The summed E-state index contributed by atoms with van der Waals surface area (Å²) < 4.78 is 5.38. The molecule has 16 heavy (non-hydrogen) atoms. The van der Waals surface area contributed by atoms with E-state index < -0.39 is 0 Å². The van der Waals surface area contributed by atoms with Crippen LogP contribution in [-0.4, -0.2) is 19.5 Å². The van der Waals surface area contributed by atoms with Crippen molar-refractivity contribution in [1.82, 2.24) is 0 Å². The highest BCUT2D eigenvalue weighted by Crippen LogP contribution is 2.32. The van der Waals surface area contributed by atoms with Gasteiger partial charge in [0.15, 0.2) is 0 Å². The third-order valence-corrected chi connectivity index (χ3v) is 4.08. The molecule has 88 valence electrons. The second-order valence-electron chi connectivity index (χ2n) is 4.22. The van der Waals surface area contributed by atoms with Gasteiger partial charge in [-0.3, -0.25) is 0 Å². The molecule has 1 heterocycles. The van der Waals surface area contributed by atoms with E-state index in [-0.39, 0.29) is 6.04 Å². The van der Waals surface area contributed by atoms with Crippen molar-refractivity contribution >= 4 is 11.8 Å². The molecule has 1 saturated heterocycles. The molecule has 0 saturated carbocycles. The van der Waals surface area contributed by atoms with Crippen LogP contribution in [0.25, 0.3) is 0 Å². The highest BCUT2D eigenvalue weighted by atomic mass is 32.2. The van der Waals surface area contributed by atoms with Gasteiger partial charge < -0.3 is 10.5 Å². The molecule has 0 bridgehead atoms. The minimum absolute atomic E-state index is 0.160. The van der Waals surface area contributed by atoms with Crippen molar-refractivity contribution < 1.29 is 4.74 Å². The zero-order chi connectivity index (χ0) is 11.4. The van der Waals surface area contributed by atoms with Crippen molar-refractivity contribution in [2.24, 2.45) is 11.7 Å². The number of hydrogen-bond donors (Lipinski definition) is 1. The van der Waals surface area contributed by atoms with Gasteiger partial charge in [-0.15, -0.1) is 11.8 Å². The van der Waals surface area contributed by atoms with Gasteiger partial charge in [0.1, 0.15) is 0 Å². The molecule has 2 rings (SSSR count). The Morgan fingerprint density at radius 1 is 1.31 bits per heavy atom. The van der Waals surface area contributed by atoms with Crippen LogP contribution in [0.5, 0.6) is 0 Å². The molecular formula is C13H19NOS. The first-order valence-electron chi connectivity index (χ1n) is 5.79. The summed E-state index contributed by atoms with van der Waals surface area (Å²) in [6, 6.07) is 8.62. The zero-order valence-electron chi connectivity index (χ0n) is 9.69. The molecular weight excluding hydrogens is 218 g/mol. The Hall–Kier alpha value is -0.510. The van der Waals surface area contributed by atoms with E-state index in [1.165, 1.54) is 10.5 Å². The average molecular weight is 237 g/mol. The van der Waals surface area contributed by atoms with Gasteiger partial charge >= 0.3 is 0 Å². The number of benzene rings is 1. The fourth-order valence-electron chi connectivity index (χ4n) is 2.27. The second-order valence-corrected chi connectivity index (χ2v) is 5.07. The molecule has 0 radical (unpaired) electrons. The van der Waals surface area contributed by atoms with Crippen molar-refractivity contribution in [2.45, 2.75) is 23.8 Å². The molecule has 1 unspecified atom stereocenters. The van der Waals surface area contributed by atoms with Crippen LogP contribution < -0.4 is 5.73 Å². The molecule has 0 aliphatic carbocycles. The SMILES string of the molecule is CSc1ccccc1C(N)C1CCOCC1. The molecule has 0 amide bonds. The van der Waals surface area contributed by atoms with Crippen molar-refractivity contribution in [3.8, 4) is 0 Å².